The minimum absolute atomic E-state index is 0.106. The molecule has 2 aromatic heterocycles. The Kier molecular flexibility index (Phi) is 6.51. The maximum atomic E-state index is 12.6. The van der Waals surface area contributed by atoms with Gasteiger partial charge in [-0.15, -0.1) is 10.2 Å². The summed E-state index contributed by atoms with van der Waals surface area (Å²) < 4.78 is 7.30. The Hall–Kier alpha value is -3.65. The zero-order chi connectivity index (χ0) is 22.5. The van der Waals surface area contributed by atoms with Crippen molar-refractivity contribution in [2.75, 3.05) is 18.2 Å². The summed E-state index contributed by atoms with van der Waals surface area (Å²) in [7, 11) is 1.63. The Morgan fingerprint density at radius 1 is 1.09 bits per heavy atom. The van der Waals surface area contributed by atoms with Crippen LogP contribution in [0.25, 0.3) is 17.1 Å². The highest BCUT2D eigenvalue weighted by Crippen LogP contribution is 2.29. The van der Waals surface area contributed by atoms with E-state index in [9.17, 15) is 4.79 Å². The maximum Gasteiger partial charge on any atom is 0.234 e. The van der Waals surface area contributed by atoms with Crippen molar-refractivity contribution in [1.82, 2.24) is 19.7 Å². The summed E-state index contributed by atoms with van der Waals surface area (Å²) in [5, 5.41) is 12.3. The molecule has 8 heteroatoms. The van der Waals surface area contributed by atoms with E-state index in [0.717, 1.165) is 33.8 Å². The number of pyridine rings is 1. The van der Waals surface area contributed by atoms with Gasteiger partial charge < -0.3 is 10.1 Å². The third-order valence-electron chi connectivity index (χ3n) is 4.85. The minimum Gasteiger partial charge on any atom is -0.497 e. The molecule has 7 nitrogen and oxygen atoms in total. The Balaban J connectivity index is 1.61. The monoisotopic (exact) mass is 445 g/mol. The number of thioether (sulfide) groups is 1. The van der Waals surface area contributed by atoms with Crippen molar-refractivity contribution in [2.24, 2.45) is 0 Å². The number of benzene rings is 2. The lowest BCUT2D eigenvalue weighted by Crippen LogP contribution is -2.15. The Labute approximate surface area is 190 Å². The van der Waals surface area contributed by atoms with Crippen LogP contribution >= 0.6 is 11.8 Å². The first-order valence-electron chi connectivity index (χ1n) is 10.1. The van der Waals surface area contributed by atoms with Gasteiger partial charge in [-0.1, -0.05) is 35.5 Å². The fraction of sp³-hybridized carbons (Fsp3) is 0.167. The van der Waals surface area contributed by atoms with Crippen LogP contribution in [0, 0.1) is 13.8 Å². The van der Waals surface area contributed by atoms with Crippen LogP contribution in [-0.4, -0.2) is 38.5 Å². The second-order valence-electron chi connectivity index (χ2n) is 7.24. The molecule has 0 fully saturated rings. The number of amides is 1. The van der Waals surface area contributed by atoms with E-state index in [4.69, 9.17) is 4.74 Å². The molecule has 0 saturated carbocycles. The Morgan fingerprint density at radius 3 is 2.72 bits per heavy atom. The first kappa shape index (κ1) is 21.6. The van der Waals surface area contributed by atoms with E-state index in [1.165, 1.54) is 11.8 Å². The quantitative estimate of drug-likeness (QED) is 0.416. The second kappa shape index (κ2) is 9.65. The average molecular weight is 446 g/mol. The normalized spacial score (nSPS) is 10.7. The van der Waals surface area contributed by atoms with E-state index in [1.54, 1.807) is 19.5 Å². The van der Waals surface area contributed by atoms with Gasteiger partial charge in [0, 0.05) is 29.7 Å². The first-order chi connectivity index (χ1) is 15.5. The van der Waals surface area contributed by atoms with Crippen molar-refractivity contribution in [1.29, 1.82) is 0 Å². The molecule has 2 aromatic carbocycles. The number of aryl methyl sites for hydroxylation is 2. The van der Waals surface area contributed by atoms with Gasteiger partial charge in [0.1, 0.15) is 5.75 Å². The summed E-state index contributed by atoms with van der Waals surface area (Å²) in [4.78, 5) is 16.8. The lowest BCUT2D eigenvalue weighted by atomic mass is 10.1. The minimum atomic E-state index is -0.106. The van der Waals surface area contributed by atoms with Crippen molar-refractivity contribution in [3.8, 4) is 22.8 Å². The number of aromatic nitrogens is 4. The number of rotatable bonds is 7. The predicted molar refractivity (Wildman–Crippen MR) is 126 cm³/mol. The van der Waals surface area contributed by atoms with Crippen molar-refractivity contribution in [3.63, 3.8) is 0 Å². The van der Waals surface area contributed by atoms with Crippen molar-refractivity contribution in [3.05, 3.63) is 78.1 Å². The van der Waals surface area contributed by atoms with E-state index in [-0.39, 0.29) is 11.7 Å². The van der Waals surface area contributed by atoms with Crippen LogP contribution in [-0.2, 0) is 4.79 Å². The molecule has 0 aliphatic carbocycles. The third-order valence-corrected chi connectivity index (χ3v) is 5.78. The SMILES string of the molecule is COc1cccc(-n2c(SCC(=O)Nc3ccc(C)cc3C)nnc2-c2cccnc2)c1. The molecule has 0 atom stereocenters. The van der Waals surface area contributed by atoms with E-state index < -0.39 is 0 Å². The summed E-state index contributed by atoms with van der Waals surface area (Å²) in [6.45, 7) is 4.01. The number of nitrogens with zero attached hydrogens (tertiary/aromatic N) is 4. The summed E-state index contributed by atoms with van der Waals surface area (Å²) in [6.07, 6.45) is 3.45. The number of nitrogens with one attached hydrogen (secondary N) is 1. The van der Waals surface area contributed by atoms with Crippen LogP contribution in [0.15, 0.2) is 72.1 Å². The molecule has 2 heterocycles. The van der Waals surface area contributed by atoms with Gasteiger partial charge in [-0.25, -0.2) is 0 Å². The van der Waals surface area contributed by atoms with E-state index >= 15 is 0 Å². The van der Waals surface area contributed by atoms with Gasteiger partial charge in [0.25, 0.3) is 0 Å². The molecule has 0 bridgehead atoms. The van der Waals surface area contributed by atoms with Gasteiger partial charge in [-0.3, -0.25) is 14.3 Å². The summed E-state index contributed by atoms with van der Waals surface area (Å²) >= 11 is 1.32. The Bertz CT molecular complexity index is 1240. The standard InChI is InChI=1S/C24H23N5O2S/c1-16-9-10-21(17(2)12-16)26-22(30)15-32-24-28-27-23(18-6-5-11-25-14-18)29(24)19-7-4-8-20(13-19)31-3/h4-14H,15H2,1-3H3,(H,26,30). The molecule has 162 valence electrons. The Morgan fingerprint density at radius 2 is 1.97 bits per heavy atom. The van der Waals surface area contributed by atoms with Gasteiger partial charge in [0.2, 0.25) is 5.91 Å². The molecule has 1 N–H and O–H groups in total. The van der Waals surface area contributed by atoms with Crippen LogP contribution in [0.4, 0.5) is 5.69 Å². The van der Waals surface area contributed by atoms with Crippen molar-refractivity contribution >= 4 is 23.4 Å². The van der Waals surface area contributed by atoms with E-state index in [2.05, 4.69) is 20.5 Å². The highest BCUT2D eigenvalue weighted by Gasteiger charge is 2.18. The molecule has 0 spiro atoms. The molecule has 1 amide bonds. The topological polar surface area (TPSA) is 81.9 Å². The zero-order valence-corrected chi connectivity index (χ0v) is 18.9. The molecule has 0 saturated heterocycles. The molecule has 32 heavy (non-hydrogen) atoms. The molecular weight excluding hydrogens is 422 g/mol. The second-order valence-corrected chi connectivity index (χ2v) is 8.18. The van der Waals surface area contributed by atoms with E-state index in [0.29, 0.717) is 11.0 Å². The van der Waals surface area contributed by atoms with Crippen LogP contribution in [0.5, 0.6) is 5.75 Å². The van der Waals surface area contributed by atoms with Crippen molar-refractivity contribution in [2.45, 2.75) is 19.0 Å². The molecule has 0 aliphatic heterocycles. The van der Waals surface area contributed by atoms with Gasteiger partial charge in [-0.05, 0) is 49.7 Å². The number of hydrogen-bond donors (Lipinski definition) is 1. The summed E-state index contributed by atoms with van der Waals surface area (Å²) in [5.74, 6) is 1.45. The number of carbonyl (C=O) groups excluding carboxylic acids is 1. The largest absolute Gasteiger partial charge is 0.497 e. The predicted octanol–water partition coefficient (Wildman–Crippen LogP) is 4.69. The van der Waals surface area contributed by atoms with Gasteiger partial charge in [-0.2, -0.15) is 0 Å². The van der Waals surface area contributed by atoms with Gasteiger partial charge >= 0.3 is 0 Å². The molecule has 0 radical (unpaired) electrons. The van der Waals surface area contributed by atoms with Gasteiger partial charge in [0.05, 0.1) is 18.6 Å². The van der Waals surface area contributed by atoms with Gasteiger partial charge in [0.15, 0.2) is 11.0 Å². The smallest absolute Gasteiger partial charge is 0.234 e. The summed E-state index contributed by atoms with van der Waals surface area (Å²) in [6, 6.07) is 17.4. The summed E-state index contributed by atoms with van der Waals surface area (Å²) in [5.41, 5.74) is 4.66. The van der Waals surface area contributed by atoms with Crippen LogP contribution in [0.1, 0.15) is 11.1 Å². The first-order valence-corrected chi connectivity index (χ1v) is 11.0. The molecule has 4 rings (SSSR count). The molecular formula is C24H23N5O2S. The van der Waals surface area contributed by atoms with Crippen LogP contribution in [0.2, 0.25) is 0 Å². The fourth-order valence-electron chi connectivity index (χ4n) is 3.30. The number of hydrogen-bond acceptors (Lipinski definition) is 6. The number of anilines is 1. The highest BCUT2D eigenvalue weighted by molar-refractivity contribution is 7.99. The number of carbonyl (C=O) groups is 1. The molecule has 0 aliphatic rings. The van der Waals surface area contributed by atoms with E-state index in [1.807, 2.05) is 73.0 Å². The molecule has 4 aromatic rings. The lowest BCUT2D eigenvalue weighted by molar-refractivity contribution is -0.113. The van der Waals surface area contributed by atoms with Crippen LogP contribution in [0.3, 0.4) is 0 Å². The third kappa shape index (κ3) is 4.81. The van der Waals surface area contributed by atoms with Crippen molar-refractivity contribution < 1.29 is 9.53 Å². The fourth-order valence-corrected chi connectivity index (χ4v) is 4.05. The average Bonchev–Trinajstić information content (AvgIpc) is 3.24. The highest BCUT2D eigenvalue weighted by atomic mass is 32.2. The zero-order valence-electron chi connectivity index (χ0n) is 18.1. The maximum absolute atomic E-state index is 12.6. The number of methoxy groups -OCH3 is 1. The number of ether oxygens (including phenoxy) is 1. The molecule has 0 unspecified atom stereocenters. The van der Waals surface area contributed by atoms with Crippen LogP contribution < -0.4 is 10.1 Å². The lowest BCUT2D eigenvalue weighted by Gasteiger charge is -2.12.